The van der Waals surface area contributed by atoms with Crippen LogP contribution < -0.4 is 16.6 Å². The van der Waals surface area contributed by atoms with Gasteiger partial charge in [-0.1, -0.05) is 20.8 Å². The molecule has 152 valence electrons. The highest BCUT2D eigenvalue weighted by Gasteiger charge is 2.37. The number of hydrogen-bond acceptors (Lipinski definition) is 5. The Hall–Kier alpha value is -1.76. The van der Waals surface area contributed by atoms with Crippen LogP contribution in [0, 0.1) is 17.2 Å². The highest BCUT2D eigenvalue weighted by molar-refractivity contribution is 5.82. The fourth-order valence-corrected chi connectivity index (χ4v) is 4.86. The first kappa shape index (κ1) is 19.6. The van der Waals surface area contributed by atoms with Crippen LogP contribution in [0.4, 0.5) is 10.1 Å². The quantitative estimate of drug-likeness (QED) is 0.757. The Bertz CT molecular complexity index is 839. The molecule has 2 atom stereocenters. The molecule has 0 spiro atoms. The number of aromatic nitrogens is 1. The molecule has 28 heavy (non-hydrogen) atoms. The Kier molecular flexibility index (Phi) is 5.29. The lowest BCUT2D eigenvalue weighted by Gasteiger charge is -2.37. The van der Waals surface area contributed by atoms with Crippen LogP contribution >= 0.6 is 0 Å². The number of anilines is 1. The van der Waals surface area contributed by atoms with E-state index in [9.17, 15) is 4.39 Å². The molecular weight excluding hydrogens is 353 g/mol. The van der Waals surface area contributed by atoms with Gasteiger partial charge in [0.1, 0.15) is 5.82 Å². The fourth-order valence-electron chi connectivity index (χ4n) is 4.86. The molecule has 0 bridgehead atoms. The lowest BCUT2D eigenvalue weighted by atomic mass is 9.79. The normalized spacial score (nSPS) is 24.9. The molecule has 0 saturated carbocycles. The third-order valence-electron chi connectivity index (χ3n) is 6.33. The summed E-state index contributed by atoms with van der Waals surface area (Å²) in [6.45, 7) is 11.2. The number of nitrogens with one attached hydrogen (secondary N) is 2. The van der Waals surface area contributed by atoms with Gasteiger partial charge in [-0.2, -0.15) is 0 Å². The number of hydrazine groups is 1. The maximum atomic E-state index is 13.5. The minimum absolute atomic E-state index is 0.245. The Morgan fingerprint density at radius 2 is 1.96 bits per heavy atom. The smallest absolute Gasteiger partial charge is 0.123 e. The van der Waals surface area contributed by atoms with Crippen molar-refractivity contribution in [3.8, 4) is 0 Å². The van der Waals surface area contributed by atoms with Crippen molar-refractivity contribution in [2.75, 3.05) is 31.9 Å². The van der Waals surface area contributed by atoms with Crippen molar-refractivity contribution < 1.29 is 4.39 Å². The summed E-state index contributed by atoms with van der Waals surface area (Å²) in [5.41, 5.74) is 15.8. The third kappa shape index (κ3) is 4.00. The van der Waals surface area contributed by atoms with E-state index >= 15 is 0 Å². The molecule has 1 aromatic carbocycles. The number of piperidine rings is 1. The van der Waals surface area contributed by atoms with Gasteiger partial charge in [-0.15, -0.1) is 0 Å². The fraction of sp³-hybridized carbons (Fsp3) is 0.591. The SMILES string of the molecule is CC(C)(C)C1NNCC1CN1CCC(c2nc3ccc(F)cc3cc2N)CC1. The molecular formula is C22H32FN5. The van der Waals surface area contributed by atoms with Crippen molar-refractivity contribution in [3.63, 3.8) is 0 Å². The Morgan fingerprint density at radius 1 is 1.21 bits per heavy atom. The average Bonchev–Trinajstić information content (AvgIpc) is 3.10. The number of halogens is 1. The zero-order chi connectivity index (χ0) is 19.9. The van der Waals surface area contributed by atoms with Crippen LogP contribution in [0.2, 0.25) is 0 Å². The molecule has 3 heterocycles. The highest BCUT2D eigenvalue weighted by atomic mass is 19.1. The molecule has 2 aliphatic rings. The summed E-state index contributed by atoms with van der Waals surface area (Å²) in [5, 5.41) is 0.771. The van der Waals surface area contributed by atoms with Crippen LogP contribution in [0.25, 0.3) is 10.9 Å². The molecule has 0 amide bonds. The van der Waals surface area contributed by atoms with Gasteiger partial charge < -0.3 is 10.6 Å². The van der Waals surface area contributed by atoms with Crippen LogP contribution in [-0.2, 0) is 0 Å². The topological polar surface area (TPSA) is 66.2 Å². The Balaban J connectivity index is 1.41. The van der Waals surface area contributed by atoms with Gasteiger partial charge in [-0.3, -0.25) is 15.8 Å². The summed E-state index contributed by atoms with van der Waals surface area (Å²) < 4.78 is 13.5. The summed E-state index contributed by atoms with van der Waals surface area (Å²) in [5.74, 6) is 0.749. The molecule has 4 rings (SSSR count). The van der Waals surface area contributed by atoms with Crippen LogP contribution in [0.15, 0.2) is 24.3 Å². The van der Waals surface area contributed by atoms with Gasteiger partial charge in [0.15, 0.2) is 0 Å². The molecule has 2 saturated heterocycles. The van der Waals surface area contributed by atoms with E-state index in [1.807, 2.05) is 6.07 Å². The van der Waals surface area contributed by atoms with Gasteiger partial charge in [-0.05, 0) is 55.6 Å². The van der Waals surface area contributed by atoms with Crippen molar-refractivity contribution >= 4 is 16.6 Å². The van der Waals surface area contributed by atoms with E-state index < -0.39 is 0 Å². The summed E-state index contributed by atoms with van der Waals surface area (Å²) in [7, 11) is 0. The van der Waals surface area contributed by atoms with Gasteiger partial charge in [0, 0.05) is 36.4 Å². The minimum atomic E-state index is -0.251. The van der Waals surface area contributed by atoms with Crippen molar-refractivity contribution in [1.82, 2.24) is 20.7 Å². The molecule has 6 heteroatoms. The second-order valence-corrected chi connectivity index (χ2v) is 9.50. The lowest BCUT2D eigenvalue weighted by molar-refractivity contribution is 0.150. The molecule has 2 aliphatic heterocycles. The standard InChI is InChI=1S/C22H32FN5/c1-22(2,3)21-16(12-25-27-21)13-28-8-6-14(7-9-28)20-18(24)11-15-10-17(23)4-5-19(15)26-20/h4-5,10-11,14,16,21,25,27H,6-9,12-13,24H2,1-3H3. The predicted molar refractivity (Wildman–Crippen MR) is 112 cm³/mol. The summed E-state index contributed by atoms with van der Waals surface area (Å²) in [6, 6.07) is 7.07. The largest absolute Gasteiger partial charge is 0.397 e. The molecule has 0 radical (unpaired) electrons. The summed E-state index contributed by atoms with van der Waals surface area (Å²) >= 11 is 0. The molecule has 5 nitrogen and oxygen atoms in total. The van der Waals surface area contributed by atoms with E-state index in [1.54, 1.807) is 6.07 Å². The van der Waals surface area contributed by atoms with Gasteiger partial charge in [0.05, 0.1) is 16.9 Å². The summed E-state index contributed by atoms with van der Waals surface area (Å²) in [6.07, 6.45) is 2.13. The van der Waals surface area contributed by atoms with Crippen LogP contribution in [0.1, 0.15) is 45.2 Å². The van der Waals surface area contributed by atoms with Gasteiger partial charge >= 0.3 is 0 Å². The van der Waals surface area contributed by atoms with E-state index in [1.165, 1.54) is 12.1 Å². The number of nitrogens with two attached hydrogens (primary N) is 1. The summed E-state index contributed by atoms with van der Waals surface area (Å²) in [4.78, 5) is 7.37. The maximum absolute atomic E-state index is 13.5. The second-order valence-electron chi connectivity index (χ2n) is 9.50. The number of nitrogen functional groups attached to an aromatic ring is 1. The number of benzene rings is 1. The molecule has 1 aromatic heterocycles. The van der Waals surface area contributed by atoms with E-state index in [-0.39, 0.29) is 11.2 Å². The number of nitrogens with zero attached hydrogens (tertiary/aromatic N) is 2. The van der Waals surface area contributed by atoms with Crippen LogP contribution in [0.3, 0.4) is 0 Å². The molecule has 2 fully saturated rings. The van der Waals surface area contributed by atoms with Gasteiger partial charge in [-0.25, -0.2) is 4.39 Å². The van der Waals surface area contributed by atoms with Crippen molar-refractivity contribution in [2.24, 2.45) is 11.3 Å². The number of likely N-dealkylation sites (tertiary alicyclic amines) is 1. The molecule has 0 aliphatic carbocycles. The average molecular weight is 386 g/mol. The van der Waals surface area contributed by atoms with Crippen LogP contribution in [0.5, 0.6) is 0 Å². The molecule has 4 N–H and O–H groups in total. The zero-order valence-electron chi connectivity index (χ0n) is 17.1. The second kappa shape index (κ2) is 7.58. The number of rotatable bonds is 3. The first-order chi connectivity index (χ1) is 13.3. The van der Waals surface area contributed by atoms with Crippen molar-refractivity contribution in [3.05, 3.63) is 35.8 Å². The van der Waals surface area contributed by atoms with E-state index in [4.69, 9.17) is 10.7 Å². The first-order valence-corrected chi connectivity index (χ1v) is 10.4. The molecule has 2 aromatic rings. The predicted octanol–water partition coefficient (Wildman–Crippen LogP) is 3.27. The number of fused-ring (bicyclic) bond motifs is 1. The monoisotopic (exact) mass is 385 g/mol. The van der Waals surface area contributed by atoms with Crippen molar-refractivity contribution in [2.45, 2.75) is 45.6 Å². The highest BCUT2D eigenvalue weighted by Crippen LogP contribution is 2.34. The maximum Gasteiger partial charge on any atom is 0.123 e. The zero-order valence-corrected chi connectivity index (χ0v) is 17.1. The van der Waals surface area contributed by atoms with E-state index in [0.717, 1.165) is 55.6 Å². The first-order valence-electron chi connectivity index (χ1n) is 10.4. The van der Waals surface area contributed by atoms with Gasteiger partial charge in [0.25, 0.3) is 0 Å². The third-order valence-corrected chi connectivity index (χ3v) is 6.33. The van der Waals surface area contributed by atoms with E-state index in [2.05, 4.69) is 36.5 Å². The van der Waals surface area contributed by atoms with Crippen molar-refractivity contribution in [1.29, 1.82) is 0 Å². The number of hydrogen-bond donors (Lipinski definition) is 3. The minimum Gasteiger partial charge on any atom is -0.397 e. The number of pyridine rings is 1. The molecule has 2 unspecified atom stereocenters. The Labute approximate surface area is 166 Å². The van der Waals surface area contributed by atoms with E-state index in [0.29, 0.717) is 23.6 Å². The lowest BCUT2D eigenvalue weighted by Crippen LogP contribution is -2.46. The van der Waals surface area contributed by atoms with Gasteiger partial charge in [0.2, 0.25) is 0 Å². The Morgan fingerprint density at radius 3 is 2.68 bits per heavy atom. The van der Waals surface area contributed by atoms with Crippen LogP contribution in [-0.4, -0.2) is 42.1 Å².